The van der Waals surface area contributed by atoms with Crippen molar-refractivity contribution in [3.05, 3.63) is 41.8 Å². The zero-order valence-corrected chi connectivity index (χ0v) is 12.3. The quantitative estimate of drug-likeness (QED) is 0.890. The largest absolute Gasteiger partial charge is 0.480 e. The Hall–Kier alpha value is -2.50. The zero-order chi connectivity index (χ0) is 16.3. The first kappa shape index (κ1) is 15.9. The smallest absolute Gasteiger partial charge is 0.326 e. The molecule has 1 heterocycles. The minimum atomic E-state index is -1.08. The topological polar surface area (TPSA) is 79.3 Å². The van der Waals surface area contributed by atoms with Crippen LogP contribution in [0.15, 0.2) is 30.5 Å². The standard InChI is InChI=1S/C16H17FN2O3/c1-9(2)5-14(16(21)22)19-15(20)11-6-10-7-12(17)3-4-13(10)18-8-11/h3-4,6-9,14H,5H2,1-2H3,(H,19,20)(H,21,22)/t14-/m0/s1. The number of aliphatic carboxylic acids is 1. The van der Waals surface area contributed by atoms with E-state index in [4.69, 9.17) is 5.11 Å². The highest BCUT2D eigenvalue weighted by Crippen LogP contribution is 2.15. The van der Waals surface area contributed by atoms with Gasteiger partial charge in [0, 0.05) is 11.6 Å². The van der Waals surface area contributed by atoms with Crippen molar-refractivity contribution < 1.29 is 19.1 Å². The van der Waals surface area contributed by atoms with Crippen molar-refractivity contribution in [2.45, 2.75) is 26.3 Å². The summed E-state index contributed by atoms with van der Waals surface area (Å²) < 4.78 is 13.2. The second-order valence-corrected chi connectivity index (χ2v) is 5.55. The molecule has 2 rings (SSSR count). The second-order valence-electron chi connectivity index (χ2n) is 5.55. The third kappa shape index (κ3) is 3.78. The maximum absolute atomic E-state index is 13.2. The normalized spacial score (nSPS) is 12.4. The van der Waals surface area contributed by atoms with Gasteiger partial charge in [-0.25, -0.2) is 9.18 Å². The van der Waals surface area contributed by atoms with E-state index in [1.807, 2.05) is 13.8 Å². The highest BCUT2D eigenvalue weighted by molar-refractivity contribution is 5.99. The van der Waals surface area contributed by atoms with Crippen LogP contribution in [0.2, 0.25) is 0 Å². The Morgan fingerprint density at radius 3 is 2.68 bits per heavy atom. The van der Waals surface area contributed by atoms with E-state index in [1.54, 1.807) is 0 Å². The molecule has 5 nitrogen and oxygen atoms in total. The van der Waals surface area contributed by atoms with E-state index in [9.17, 15) is 14.0 Å². The number of nitrogens with zero attached hydrogens (tertiary/aromatic N) is 1. The summed E-state index contributed by atoms with van der Waals surface area (Å²) >= 11 is 0. The summed E-state index contributed by atoms with van der Waals surface area (Å²) in [6.07, 6.45) is 1.68. The first-order valence-electron chi connectivity index (χ1n) is 6.96. The Kier molecular flexibility index (Phi) is 4.70. The second kappa shape index (κ2) is 6.51. The maximum atomic E-state index is 13.2. The molecule has 116 valence electrons. The molecule has 6 heteroatoms. The Bertz CT molecular complexity index is 716. The van der Waals surface area contributed by atoms with E-state index in [0.717, 1.165) is 0 Å². The number of carboxylic acids is 1. The summed E-state index contributed by atoms with van der Waals surface area (Å²) in [5.41, 5.74) is 0.767. The first-order valence-corrected chi connectivity index (χ1v) is 6.96. The molecule has 0 fully saturated rings. The van der Waals surface area contributed by atoms with Crippen molar-refractivity contribution in [1.29, 1.82) is 0 Å². The van der Waals surface area contributed by atoms with E-state index < -0.39 is 23.7 Å². The third-order valence-electron chi connectivity index (χ3n) is 3.22. The fourth-order valence-corrected chi connectivity index (χ4v) is 2.16. The summed E-state index contributed by atoms with van der Waals surface area (Å²) in [5.74, 6) is -1.91. The number of halogens is 1. The van der Waals surface area contributed by atoms with Crippen LogP contribution in [0.4, 0.5) is 4.39 Å². The van der Waals surface area contributed by atoms with Crippen LogP contribution in [-0.2, 0) is 4.79 Å². The molecule has 2 aromatic rings. The van der Waals surface area contributed by atoms with E-state index in [-0.39, 0.29) is 11.5 Å². The summed E-state index contributed by atoms with van der Waals surface area (Å²) in [4.78, 5) is 27.4. The summed E-state index contributed by atoms with van der Waals surface area (Å²) in [5, 5.41) is 12.1. The monoisotopic (exact) mass is 304 g/mol. The number of carboxylic acid groups (broad SMARTS) is 1. The van der Waals surface area contributed by atoms with E-state index in [0.29, 0.717) is 17.3 Å². The van der Waals surface area contributed by atoms with Crippen molar-refractivity contribution >= 4 is 22.8 Å². The highest BCUT2D eigenvalue weighted by atomic mass is 19.1. The van der Waals surface area contributed by atoms with Crippen molar-refractivity contribution in [2.24, 2.45) is 5.92 Å². The molecule has 0 saturated heterocycles. The van der Waals surface area contributed by atoms with Gasteiger partial charge in [-0.05, 0) is 36.6 Å². The number of carbonyl (C=O) groups excluding carboxylic acids is 1. The number of hydrogen-bond acceptors (Lipinski definition) is 3. The highest BCUT2D eigenvalue weighted by Gasteiger charge is 2.22. The first-order chi connectivity index (χ1) is 10.4. The van der Waals surface area contributed by atoms with Gasteiger partial charge in [-0.1, -0.05) is 13.8 Å². The minimum absolute atomic E-state index is 0.130. The molecule has 0 saturated carbocycles. The number of rotatable bonds is 5. The fraction of sp³-hybridized carbons (Fsp3) is 0.312. The van der Waals surface area contributed by atoms with Gasteiger partial charge in [0.15, 0.2) is 0 Å². The molecule has 1 aromatic heterocycles. The Labute approximate surface area is 127 Å². The molecule has 22 heavy (non-hydrogen) atoms. The average molecular weight is 304 g/mol. The lowest BCUT2D eigenvalue weighted by Crippen LogP contribution is -2.41. The molecule has 1 aromatic carbocycles. The Morgan fingerprint density at radius 1 is 1.32 bits per heavy atom. The predicted octanol–water partition coefficient (Wildman–Crippen LogP) is 2.60. The summed E-state index contributed by atoms with van der Waals surface area (Å²) in [6, 6.07) is 4.62. The number of fused-ring (bicyclic) bond motifs is 1. The molecule has 0 bridgehead atoms. The number of carbonyl (C=O) groups is 2. The molecule has 1 amide bonds. The Balaban J connectivity index is 2.23. The predicted molar refractivity (Wildman–Crippen MR) is 80.0 cm³/mol. The van der Waals surface area contributed by atoms with Gasteiger partial charge in [-0.15, -0.1) is 0 Å². The maximum Gasteiger partial charge on any atom is 0.326 e. The van der Waals surface area contributed by atoms with Gasteiger partial charge >= 0.3 is 5.97 Å². The minimum Gasteiger partial charge on any atom is -0.480 e. The molecule has 2 N–H and O–H groups in total. The van der Waals surface area contributed by atoms with Crippen molar-refractivity contribution in [3.63, 3.8) is 0 Å². The van der Waals surface area contributed by atoms with Crippen LogP contribution >= 0.6 is 0 Å². The van der Waals surface area contributed by atoms with E-state index >= 15 is 0 Å². The molecular weight excluding hydrogens is 287 g/mol. The number of pyridine rings is 1. The Morgan fingerprint density at radius 2 is 2.05 bits per heavy atom. The summed E-state index contributed by atoms with van der Waals surface area (Å²) in [6.45, 7) is 3.75. The van der Waals surface area contributed by atoms with E-state index in [1.165, 1.54) is 30.5 Å². The molecule has 0 aliphatic carbocycles. The number of nitrogens with one attached hydrogen (secondary N) is 1. The molecule has 0 aliphatic heterocycles. The molecule has 0 unspecified atom stereocenters. The van der Waals surface area contributed by atoms with Crippen molar-refractivity contribution in [2.75, 3.05) is 0 Å². The van der Waals surface area contributed by atoms with Crippen LogP contribution in [-0.4, -0.2) is 28.0 Å². The van der Waals surface area contributed by atoms with Gasteiger partial charge in [0.1, 0.15) is 11.9 Å². The van der Waals surface area contributed by atoms with Gasteiger partial charge in [0.05, 0.1) is 11.1 Å². The van der Waals surface area contributed by atoms with Crippen LogP contribution < -0.4 is 5.32 Å². The number of aromatic nitrogens is 1. The van der Waals surface area contributed by atoms with Gasteiger partial charge in [-0.2, -0.15) is 0 Å². The van der Waals surface area contributed by atoms with Gasteiger partial charge in [-0.3, -0.25) is 9.78 Å². The molecule has 0 aliphatic rings. The lowest BCUT2D eigenvalue weighted by atomic mass is 10.0. The lowest BCUT2D eigenvalue weighted by Gasteiger charge is -2.16. The molecule has 0 radical (unpaired) electrons. The SMILES string of the molecule is CC(C)C[C@H](NC(=O)c1cnc2ccc(F)cc2c1)C(=O)O. The number of amides is 1. The molecule has 0 spiro atoms. The lowest BCUT2D eigenvalue weighted by molar-refractivity contribution is -0.139. The van der Waals surface area contributed by atoms with Crippen molar-refractivity contribution in [1.82, 2.24) is 10.3 Å². The van der Waals surface area contributed by atoms with Gasteiger partial charge in [0.25, 0.3) is 5.91 Å². The van der Waals surface area contributed by atoms with Crippen LogP contribution in [0, 0.1) is 11.7 Å². The summed E-state index contributed by atoms with van der Waals surface area (Å²) in [7, 11) is 0. The van der Waals surface area contributed by atoms with E-state index in [2.05, 4.69) is 10.3 Å². The third-order valence-corrected chi connectivity index (χ3v) is 3.22. The van der Waals surface area contributed by atoms with Gasteiger partial charge < -0.3 is 10.4 Å². The van der Waals surface area contributed by atoms with Crippen molar-refractivity contribution in [3.8, 4) is 0 Å². The van der Waals surface area contributed by atoms with Crippen LogP contribution in [0.25, 0.3) is 10.9 Å². The number of benzene rings is 1. The van der Waals surface area contributed by atoms with Gasteiger partial charge in [0.2, 0.25) is 0 Å². The van der Waals surface area contributed by atoms with Crippen LogP contribution in [0.1, 0.15) is 30.6 Å². The van der Waals surface area contributed by atoms with Crippen LogP contribution in [0.3, 0.4) is 0 Å². The average Bonchev–Trinajstić information content (AvgIpc) is 2.45. The van der Waals surface area contributed by atoms with Crippen LogP contribution in [0.5, 0.6) is 0 Å². The molecule has 1 atom stereocenters. The molecular formula is C16H17FN2O3. The zero-order valence-electron chi connectivity index (χ0n) is 12.3. The number of hydrogen-bond donors (Lipinski definition) is 2. The fourth-order valence-electron chi connectivity index (χ4n) is 2.16.